The molecule has 0 radical (unpaired) electrons. The van der Waals surface area contributed by atoms with Crippen LogP contribution in [0, 0.1) is 6.92 Å². The zero-order chi connectivity index (χ0) is 13.4. The summed E-state index contributed by atoms with van der Waals surface area (Å²) < 4.78 is 11.1. The zero-order valence-electron chi connectivity index (χ0n) is 10.8. The number of benzene rings is 1. The topological polar surface area (TPSA) is 50.7 Å². The second-order valence-electron chi connectivity index (χ2n) is 4.06. The lowest BCUT2D eigenvalue weighted by molar-refractivity contribution is 0.0182. The van der Waals surface area contributed by atoms with Crippen molar-refractivity contribution in [3.05, 3.63) is 28.2 Å². The van der Waals surface area contributed by atoms with E-state index in [0.29, 0.717) is 26.4 Å². The fourth-order valence-corrected chi connectivity index (χ4v) is 1.79. The van der Waals surface area contributed by atoms with Gasteiger partial charge in [0.2, 0.25) is 0 Å². The van der Waals surface area contributed by atoms with Gasteiger partial charge in [0.1, 0.15) is 0 Å². The van der Waals surface area contributed by atoms with Crippen molar-refractivity contribution >= 4 is 21.6 Å². The molecule has 1 atom stereocenters. The highest BCUT2D eigenvalue weighted by molar-refractivity contribution is 9.10. The maximum Gasteiger partial charge on any atom is 0.0945 e. The van der Waals surface area contributed by atoms with Crippen molar-refractivity contribution in [2.45, 2.75) is 13.0 Å². The predicted octanol–water partition coefficient (Wildman–Crippen LogP) is 2.19. The number of methoxy groups -OCH3 is 1. The van der Waals surface area contributed by atoms with E-state index in [9.17, 15) is 5.11 Å². The maximum atomic E-state index is 9.73. The molecule has 1 aromatic carbocycles. The van der Waals surface area contributed by atoms with Gasteiger partial charge in [-0.15, -0.1) is 0 Å². The Kier molecular flexibility index (Phi) is 7.27. The van der Waals surface area contributed by atoms with Crippen LogP contribution in [0.1, 0.15) is 5.56 Å². The van der Waals surface area contributed by atoms with E-state index in [1.54, 1.807) is 7.11 Å². The molecular formula is C13H20BrNO3. The van der Waals surface area contributed by atoms with Gasteiger partial charge in [-0.05, 0) is 24.6 Å². The molecule has 0 amide bonds. The highest BCUT2D eigenvalue weighted by atomic mass is 79.9. The molecule has 1 rings (SSSR count). The van der Waals surface area contributed by atoms with Crippen LogP contribution in [0.4, 0.5) is 5.69 Å². The molecule has 0 aromatic heterocycles. The molecule has 0 fully saturated rings. The van der Waals surface area contributed by atoms with Crippen LogP contribution in [-0.2, 0) is 9.47 Å². The number of ether oxygens (including phenoxy) is 2. The summed E-state index contributed by atoms with van der Waals surface area (Å²) in [7, 11) is 1.62. The van der Waals surface area contributed by atoms with Gasteiger partial charge in [0.05, 0.1) is 25.9 Å². The lowest BCUT2D eigenvalue weighted by atomic mass is 10.2. The van der Waals surface area contributed by atoms with E-state index in [1.807, 2.05) is 25.1 Å². The zero-order valence-corrected chi connectivity index (χ0v) is 12.4. The number of aryl methyl sites for hydroxylation is 1. The highest BCUT2D eigenvalue weighted by Crippen LogP contribution is 2.20. The fraction of sp³-hybridized carbons (Fsp3) is 0.538. The van der Waals surface area contributed by atoms with E-state index in [1.165, 1.54) is 0 Å². The lowest BCUT2D eigenvalue weighted by Gasteiger charge is -2.14. The molecule has 0 heterocycles. The smallest absolute Gasteiger partial charge is 0.0945 e. The number of aliphatic hydroxyl groups is 1. The van der Waals surface area contributed by atoms with Gasteiger partial charge in [-0.25, -0.2) is 0 Å². The standard InChI is InChI=1S/C13H20BrNO3/c1-10-3-4-11(14)7-13(10)15-8-12(16)9-18-6-5-17-2/h3-4,7,12,15-16H,5-6,8-9H2,1-2H3. The quantitative estimate of drug-likeness (QED) is 0.722. The number of anilines is 1. The van der Waals surface area contributed by atoms with Crippen LogP contribution in [0.5, 0.6) is 0 Å². The minimum absolute atomic E-state index is 0.309. The molecule has 0 bridgehead atoms. The molecule has 0 aliphatic heterocycles. The maximum absolute atomic E-state index is 9.73. The summed E-state index contributed by atoms with van der Waals surface area (Å²) in [5.74, 6) is 0. The van der Waals surface area contributed by atoms with Crippen molar-refractivity contribution in [3.8, 4) is 0 Å². The van der Waals surface area contributed by atoms with Gasteiger partial charge in [0.15, 0.2) is 0 Å². The molecule has 18 heavy (non-hydrogen) atoms. The normalized spacial score (nSPS) is 12.4. The van der Waals surface area contributed by atoms with Crippen LogP contribution >= 0.6 is 15.9 Å². The minimum atomic E-state index is -0.528. The van der Waals surface area contributed by atoms with Crippen LogP contribution in [0.2, 0.25) is 0 Å². The second kappa shape index (κ2) is 8.48. The Labute approximate surface area is 116 Å². The SMILES string of the molecule is COCCOCC(O)CNc1cc(Br)ccc1C. The van der Waals surface area contributed by atoms with Crippen molar-refractivity contribution in [2.75, 3.05) is 38.8 Å². The van der Waals surface area contributed by atoms with Gasteiger partial charge in [0.25, 0.3) is 0 Å². The van der Waals surface area contributed by atoms with Gasteiger partial charge >= 0.3 is 0 Å². The lowest BCUT2D eigenvalue weighted by Crippen LogP contribution is -2.25. The van der Waals surface area contributed by atoms with Crippen LogP contribution in [-0.4, -0.2) is 44.7 Å². The first-order chi connectivity index (χ1) is 8.63. The predicted molar refractivity (Wildman–Crippen MR) is 76.1 cm³/mol. The minimum Gasteiger partial charge on any atom is -0.389 e. The van der Waals surface area contributed by atoms with E-state index < -0.39 is 6.10 Å². The Balaban J connectivity index is 2.29. The number of nitrogens with one attached hydrogen (secondary N) is 1. The van der Waals surface area contributed by atoms with Gasteiger partial charge in [0, 0.05) is 23.8 Å². The second-order valence-corrected chi connectivity index (χ2v) is 4.98. The molecule has 2 N–H and O–H groups in total. The molecule has 0 aliphatic carbocycles. The van der Waals surface area contributed by atoms with Crippen LogP contribution in [0.15, 0.2) is 22.7 Å². The van der Waals surface area contributed by atoms with Crippen molar-refractivity contribution in [1.29, 1.82) is 0 Å². The third-order valence-corrected chi connectivity index (χ3v) is 2.96. The van der Waals surface area contributed by atoms with Crippen LogP contribution in [0.25, 0.3) is 0 Å². The molecule has 1 aromatic rings. The highest BCUT2D eigenvalue weighted by Gasteiger charge is 2.05. The third kappa shape index (κ3) is 5.82. The first-order valence-corrected chi connectivity index (χ1v) is 6.67. The number of rotatable bonds is 8. The average molecular weight is 318 g/mol. The molecular weight excluding hydrogens is 298 g/mol. The Morgan fingerprint density at radius 3 is 2.89 bits per heavy atom. The summed E-state index contributed by atoms with van der Waals surface area (Å²) in [5.41, 5.74) is 2.16. The van der Waals surface area contributed by atoms with Gasteiger partial charge in [-0.2, -0.15) is 0 Å². The molecule has 5 heteroatoms. The van der Waals surface area contributed by atoms with E-state index in [2.05, 4.69) is 21.2 Å². The van der Waals surface area contributed by atoms with Crippen LogP contribution < -0.4 is 5.32 Å². The molecule has 0 aliphatic rings. The first kappa shape index (κ1) is 15.4. The van der Waals surface area contributed by atoms with Crippen molar-refractivity contribution in [2.24, 2.45) is 0 Å². The molecule has 0 spiro atoms. The van der Waals surface area contributed by atoms with Gasteiger partial charge < -0.3 is 19.9 Å². The molecule has 1 unspecified atom stereocenters. The number of aliphatic hydroxyl groups excluding tert-OH is 1. The van der Waals surface area contributed by atoms with E-state index in [0.717, 1.165) is 15.7 Å². The molecule has 0 saturated heterocycles. The van der Waals surface area contributed by atoms with E-state index in [-0.39, 0.29) is 0 Å². The number of hydrogen-bond donors (Lipinski definition) is 2. The van der Waals surface area contributed by atoms with Gasteiger partial charge in [-0.3, -0.25) is 0 Å². The van der Waals surface area contributed by atoms with Crippen LogP contribution in [0.3, 0.4) is 0 Å². The molecule has 102 valence electrons. The van der Waals surface area contributed by atoms with E-state index >= 15 is 0 Å². The Morgan fingerprint density at radius 2 is 2.17 bits per heavy atom. The fourth-order valence-electron chi connectivity index (χ4n) is 1.43. The summed E-state index contributed by atoms with van der Waals surface area (Å²) in [4.78, 5) is 0. The number of halogens is 1. The van der Waals surface area contributed by atoms with Crippen molar-refractivity contribution in [1.82, 2.24) is 0 Å². The summed E-state index contributed by atoms with van der Waals surface area (Å²) in [6.45, 7) is 3.85. The largest absolute Gasteiger partial charge is 0.389 e. The van der Waals surface area contributed by atoms with E-state index in [4.69, 9.17) is 9.47 Å². The number of hydrogen-bond acceptors (Lipinski definition) is 4. The summed E-state index contributed by atoms with van der Waals surface area (Å²) in [6.07, 6.45) is -0.528. The Bertz CT molecular complexity index is 360. The van der Waals surface area contributed by atoms with Gasteiger partial charge in [-0.1, -0.05) is 22.0 Å². The summed E-state index contributed by atoms with van der Waals surface area (Å²) in [6, 6.07) is 6.01. The Morgan fingerprint density at radius 1 is 1.39 bits per heavy atom. The third-order valence-electron chi connectivity index (χ3n) is 2.47. The summed E-state index contributed by atoms with van der Waals surface area (Å²) in [5, 5.41) is 12.9. The van der Waals surface area contributed by atoms with Crippen molar-refractivity contribution in [3.63, 3.8) is 0 Å². The monoisotopic (exact) mass is 317 g/mol. The summed E-state index contributed by atoms with van der Waals surface area (Å²) >= 11 is 3.42. The Hall–Kier alpha value is -0.620. The molecule has 0 saturated carbocycles. The first-order valence-electron chi connectivity index (χ1n) is 5.88. The molecule has 4 nitrogen and oxygen atoms in total. The average Bonchev–Trinajstić information content (AvgIpc) is 2.36. The van der Waals surface area contributed by atoms with Crippen molar-refractivity contribution < 1.29 is 14.6 Å².